The number of hydrogen-bond donors (Lipinski definition) is 1. The SMILES string of the molecule is COC(=O)C(C)(CCCSc1nncs1)NC(C)C. The molecular weight excluding hydrogens is 282 g/mol. The van der Waals surface area contributed by atoms with E-state index in [2.05, 4.69) is 15.5 Å². The monoisotopic (exact) mass is 303 g/mol. The Hall–Kier alpha value is -0.660. The lowest BCUT2D eigenvalue weighted by Crippen LogP contribution is -2.53. The highest BCUT2D eigenvalue weighted by molar-refractivity contribution is 8.00. The van der Waals surface area contributed by atoms with Gasteiger partial charge in [-0.3, -0.25) is 10.1 Å². The Morgan fingerprint density at radius 2 is 2.37 bits per heavy atom. The molecule has 1 rings (SSSR count). The van der Waals surface area contributed by atoms with E-state index in [0.29, 0.717) is 0 Å². The van der Waals surface area contributed by atoms with Gasteiger partial charge in [-0.2, -0.15) is 0 Å². The van der Waals surface area contributed by atoms with Gasteiger partial charge in [0, 0.05) is 11.8 Å². The van der Waals surface area contributed by atoms with Crippen molar-refractivity contribution in [2.45, 2.75) is 49.5 Å². The fraction of sp³-hybridized carbons (Fsp3) is 0.750. The highest BCUT2D eigenvalue weighted by Crippen LogP contribution is 2.23. The molecule has 108 valence electrons. The molecule has 0 fully saturated rings. The van der Waals surface area contributed by atoms with Crippen LogP contribution in [-0.4, -0.2) is 40.6 Å². The minimum Gasteiger partial charge on any atom is -0.468 e. The maximum atomic E-state index is 11.9. The van der Waals surface area contributed by atoms with Gasteiger partial charge in [0.05, 0.1) is 7.11 Å². The summed E-state index contributed by atoms with van der Waals surface area (Å²) in [5.41, 5.74) is 1.10. The molecule has 5 nitrogen and oxygen atoms in total. The van der Waals surface area contributed by atoms with Crippen molar-refractivity contribution in [3.05, 3.63) is 5.51 Å². The van der Waals surface area contributed by atoms with Gasteiger partial charge in [-0.25, -0.2) is 0 Å². The molecule has 1 unspecified atom stereocenters. The van der Waals surface area contributed by atoms with E-state index in [0.717, 1.165) is 22.9 Å². The van der Waals surface area contributed by atoms with Crippen molar-refractivity contribution in [3.8, 4) is 0 Å². The Balaban J connectivity index is 2.42. The third kappa shape index (κ3) is 5.46. The molecule has 0 saturated carbocycles. The van der Waals surface area contributed by atoms with Crippen LogP contribution in [0.1, 0.15) is 33.6 Å². The van der Waals surface area contributed by atoms with Gasteiger partial charge >= 0.3 is 5.97 Å². The fourth-order valence-electron chi connectivity index (χ4n) is 1.91. The third-order valence-corrected chi connectivity index (χ3v) is 4.58. The predicted molar refractivity (Wildman–Crippen MR) is 78.6 cm³/mol. The zero-order valence-corrected chi connectivity index (χ0v) is 13.4. The molecule has 19 heavy (non-hydrogen) atoms. The highest BCUT2D eigenvalue weighted by atomic mass is 32.2. The zero-order chi connectivity index (χ0) is 14.3. The first kappa shape index (κ1) is 16.4. The molecule has 0 spiro atoms. The summed E-state index contributed by atoms with van der Waals surface area (Å²) in [6.45, 7) is 5.95. The molecule has 0 saturated heterocycles. The molecule has 1 atom stereocenters. The Bertz CT molecular complexity index is 384. The second kappa shape index (κ2) is 7.81. The maximum absolute atomic E-state index is 11.9. The van der Waals surface area contributed by atoms with Crippen LogP contribution in [0.5, 0.6) is 0 Å². The lowest BCUT2D eigenvalue weighted by Gasteiger charge is -2.30. The van der Waals surface area contributed by atoms with E-state index in [9.17, 15) is 4.79 Å². The minimum absolute atomic E-state index is 0.206. The van der Waals surface area contributed by atoms with E-state index in [-0.39, 0.29) is 12.0 Å². The molecule has 7 heteroatoms. The van der Waals surface area contributed by atoms with Crippen molar-refractivity contribution in [1.29, 1.82) is 0 Å². The van der Waals surface area contributed by atoms with Crippen LogP contribution >= 0.6 is 23.1 Å². The van der Waals surface area contributed by atoms with E-state index in [1.807, 2.05) is 20.8 Å². The smallest absolute Gasteiger partial charge is 0.325 e. The number of esters is 1. The van der Waals surface area contributed by atoms with Crippen molar-refractivity contribution < 1.29 is 9.53 Å². The van der Waals surface area contributed by atoms with Gasteiger partial charge in [0.1, 0.15) is 11.0 Å². The summed E-state index contributed by atoms with van der Waals surface area (Å²) in [6, 6.07) is 0.236. The van der Waals surface area contributed by atoms with E-state index >= 15 is 0 Å². The zero-order valence-electron chi connectivity index (χ0n) is 11.8. The van der Waals surface area contributed by atoms with Crippen molar-refractivity contribution in [2.24, 2.45) is 0 Å². The maximum Gasteiger partial charge on any atom is 0.325 e. The average Bonchev–Trinajstić information content (AvgIpc) is 2.85. The van der Waals surface area contributed by atoms with Gasteiger partial charge in [-0.1, -0.05) is 23.1 Å². The summed E-state index contributed by atoms with van der Waals surface area (Å²) in [5.74, 6) is 0.712. The van der Waals surface area contributed by atoms with E-state index in [4.69, 9.17) is 4.74 Å². The summed E-state index contributed by atoms with van der Waals surface area (Å²) in [5, 5.41) is 11.1. The molecule has 1 aromatic heterocycles. The normalized spacial score (nSPS) is 14.4. The molecule has 0 aliphatic carbocycles. The number of methoxy groups -OCH3 is 1. The van der Waals surface area contributed by atoms with Gasteiger partial charge in [-0.05, 0) is 33.6 Å². The number of carbonyl (C=O) groups is 1. The van der Waals surface area contributed by atoms with Crippen LogP contribution in [0.3, 0.4) is 0 Å². The molecule has 1 aromatic rings. The van der Waals surface area contributed by atoms with E-state index in [1.165, 1.54) is 18.4 Å². The molecule has 0 amide bonds. The van der Waals surface area contributed by atoms with Gasteiger partial charge in [-0.15, -0.1) is 10.2 Å². The molecule has 1 N–H and O–H groups in total. The summed E-state index contributed by atoms with van der Waals surface area (Å²) in [6.07, 6.45) is 1.65. The predicted octanol–water partition coefficient (Wildman–Crippen LogP) is 2.34. The fourth-order valence-corrected chi connectivity index (χ4v) is 3.40. The molecule has 0 aliphatic heterocycles. The summed E-state index contributed by atoms with van der Waals surface area (Å²) in [4.78, 5) is 11.9. The lowest BCUT2D eigenvalue weighted by atomic mass is 9.95. The second-order valence-corrected chi connectivity index (χ2v) is 6.95. The number of aromatic nitrogens is 2. The number of nitrogens with zero attached hydrogens (tertiary/aromatic N) is 2. The van der Waals surface area contributed by atoms with E-state index < -0.39 is 5.54 Å². The quantitative estimate of drug-likeness (QED) is 0.452. The van der Waals surface area contributed by atoms with Crippen molar-refractivity contribution >= 4 is 29.1 Å². The van der Waals surface area contributed by atoms with Crippen molar-refractivity contribution in [1.82, 2.24) is 15.5 Å². The number of thioether (sulfide) groups is 1. The molecular formula is C12H21N3O2S2. The first-order valence-electron chi connectivity index (χ1n) is 6.23. The van der Waals surface area contributed by atoms with Crippen LogP contribution in [-0.2, 0) is 9.53 Å². The molecule has 0 aromatic carbocycles. The van der Waals surface area contributed by atoms with Crippen LogP contribution in [0.15, 0.2) is 9.85 Å². The first-order valence-corrected chi connectivity index (χ1v) is 8.09. The highest BCUT2D eigenvalue weighted by Gasteiger charge is 2.34. The first-order chi connectivity index (χ1) is 8.98. The standard InChI is InChI=1S/C12H21N3O2S2/c1-9(2)14-12(3,10(16)17-4)6-5-7-18-11-15-13-8-19-11/h8-9,14H,5-7H2,1-4H3. The molecule has 1 heterocycles. The Labute approximate surface area is 122 Å². The Morgan fingerprint density at radius 1 is 1.63 bits per heavy atom. The van der Waals surface area contributed by atoms with Crippen LogP contribution < -0.4 is 5.32 Å². The van der Waals surface area contributed by atoms with Crippen LogP contribution in [0.2, 0.25) is 0 Å². The average molecular weight is 303 g/mol. The van der Waals surface area contributed by atoms with Gasteiger partial charge in [0.25, 0.3) is 0 Å². The number of rotatable bonds is 8. The van der Waals surface area contributed by atoms with Crippen molar-refractivity contribution in [2.75, 3.05) is 12.9 Å². The second-order valence-electron chi connectivity index (χ2n) is 4.78. The minimum atomic E-state index is -0.620. The number of nitrogens with one attached hydrogen (secondary N) is 1. The van der Waals surface area contributed by atoms with Crippen molar-refractivity contribution in [3.63, 3.8) is 0 Å². The molecule has 0 aliphatic rings. The van der Waals surface area contributed by atoms with Crippen LogP contribution in [0, 0.1) is 0 Å². The topological polar surface area (TPSA) is 64.1 Å². The summed E-state index contributed by atoms with van der Waals surface area (Å²) in [7, 11) is 1.43. The van der Waals surface area contributed by atoms with Gasteiger partial charge < -0.3 is 4.74 Å². The van der Waals surface area contributed by atoms with Crippen LogP contribution in [0.25, 0.3) is 0 Å². The molecule has 0 bridgehead atoms. The lowest BCUT2D eigenvalue weighted by molar-refractivity contribution is -0.148. The Morgan fingerprint density at radius 3 is 2.89 bits per heavy atom. The number of hydrogen-bond acceptors (Lipinski definition) is 7. The summed E-state index contributed by atoms with van der Waals surface area (Å²) >= 11 is 3.21. The van der Waals surface area contributed by atoms with Gasteiger partial charge in [0.2, 0.25) is 0 Å². The van der Waals surface area contributed by atoms with Crippen LogP contribution in [0.4, 0.5) is 0 Å². The molecule has 0 radical (unpaired) electrons. The van der Waals surface area contributed by atoms with Gasteiger partial charge in [0.15, 0.2) is 4.34 Å². The summed E-state index contributed by atoms with van der Waals surface area (Å²) < 4.78 is 5.86. The number of ether oxygens (including phenoxy) is 1. The van der Waals surface area contributed by atoms with E-state index in [1.54, 1.807) is 17.3 Å². The Kier molecular flexibility index (Phi) is 6.74. The largest absolute Gasteiger partial charge is 0.468 e. The number of carbonyl (C=O) groups excluding carboxylic acids is 1. The third-order valence-electron chi connectivity index (χ3n) is 2.63.